The molecule has 3 aromatic rings. The molecule has 0 N–H and O–H groups in total. The van der Waals surface area contributed by atoms with Gasteiger partial charge in [0.15, 0.2) is 5.82 Å². The van der Waals surface area contributed by atoms with Gasteiger partial charge in [-0.1, -0.05) is 6.07 Å². The van der Waals surface area contributed by atoms with E-state index in [1.165, 1.54) is 12.1 Å². The molecule has 0 amide bonds. The van der Waals surface area contributed by atoms with Crippen LogP contribution in [0.3, 0.4) is 0 Å². The summed E-state index contributed by atoms with van der Waals surface area (Å²) >= 11 is 1.58. The van der Waals surface area contributed by atoms with Gasteiger partial charge in [0.05, 0.1) is 22.5 Å². The van der Waals surface area contributed by atoms with Crippen molar-refractivity contribution >= 4 is 22.7 Å². The molecule has 0 spiro atoms. The SMILES string of the molecule is Fc1ccc(N2N=C(c3cccs3)C[C@H]2c2ccco2)c(F)c1. The molecule has 116 valence electrons. The topological polar surface area (TPSA) is 28.7 Å². The predicted octanol–water partition coefficient (Wildman–Crippen LogP) is 4.98. The Kier molecular flexibility index (Phi) is 3.46. The Hall–Kier alpha value is -2.47. The first-order valence-corrected chi connectivity index (χ1v) is 7.99. The van der Waals surface area contributed by atoms with Crippen LogP contribution in [0.25, 0.3) is 0 Å². The molecule has 4 rings (SSSR count). The van der Waals surface area contributed by atoms with E-state index in [0.29, 0.717) is 12.2 Å². The van der Waals surface area contributed by atoms with Crippen LogP contribution < -0.4 is 5.01 Å². The summed E-state index contributed by atoms with van der Waals surface area (Å²) < 4.78 is 32.9. The minimum atomic E-state index is -0.641. The number of nitrogens with zero attached hydrogens (tertiary/aromatic N) is 2. The number of thiophene rings is 1. The van der Waals surface area contributed by atoms with E-state index >= 15 is 0 Å². The van der Waals surface area contributed by atoms with Crippen LogP contribution in [-0.2, 0) is 0 Å². The van der Waals surface area contributed by atoms with Gasteiger partial charge in [0.1, 0.15) is 17.6 Å². The van der Waals surface area contributed by atoms with Crippen LogP contribution in [0, 0.1) is 11.6 Å². The van der Waals surface area contributed by atoms with Crippen LogP contribution in [0.5, 0.6) is 0 Å². The second kappa shape index (κ2) is 5.62. The minimum Gasteiger partial charge on any atom is -0.467 e. The fourth-order valence-electron chi connectivity index (χ4n) is 2.69. The summed E-state index contributed by atoms with van der Waals surface area (Å²) in [5, 5.41) is 8.11. The molecule has 1 aliphatic heterocycles. The molecule has 3 nitrogen and oxygen atoms in total. The molecule has 0 aliphatic carbocycles. The van der Waals surface area contributed by atoms with Crippen LogP contribution in [0.4, 0.5) is 14.5 Å². The van der Waals surface area contributed by atoms with Gasteiger partial charge in [-0.05, 0) is 35.7 Å². The Labute approximate surface area is 135 Å². The van der Waals surface area contributed by atoms with E-state index in [1.54, 1.807) is 28.7 Å². The lowest BCUT2D eigenvalue weighted by molar-refractivity contribution is 0.462. The Morgan fingerprint density at radius 1 is 1.17 bits per heavy atom. The zero-order valence-electron chi connectivity index (χ0n) is 11.9. The third-order valence-corrected chi connectivity index (χ3v) is 4.66. The quantitative estimate of drug-likeness (QED) is 0.678. The van der Waals surface area contributed by atoms with Gasteiger partial charge in [0, 0.05) is 12.5 Å². The first kappa shape index (κ1) is 14.1. The highest BCUT2D eigenvalue weighted by atomic mass is 32.1. The number of hydrogen-bond donors (Lipinski definition) is 0. The van der Waals surface area contributed by atoms with Crippen LogP contribution in [-0.4, -0.2) is 5.71 Å². The highest BCUT2D eigenvalue weighted by molar-refractivity contribution is 7.12. The molecule has 0 saturated heterocycles. The standard InChI is InChI=1S/C17H12F2N2OS/c18-11-5-6-14(12(19)9-11)21-15(16-3-1-7-22-16)10-13(20-21)17-4-2-8-23-17/h1-9,15H,10H2/t15-/m0/s1. The summed E-state index contributed by atoms with van der Waals surface area (Å²) in [6.45, 7) is 0. The molecule has 2 aromatic heterocycles. The highest BCUT2D eigenvalue weighted by Crippen LogP contribution is 2.38. The zero-order chi connectivity index (χ0) is 15.8. The molecule has 0 bridgehead atoms. The van der Waals surface area contributed by atoms with Gasteiger partial charge in [0.2, 0.25) is 0 Å². The van der Waals surface area contributed by atoms with Gasteiger partial charge < -0.3 is 4.42 Å². The summed E-state index contributed by atoms with van der Waals surface area (Å²) in [5.74, 6) is -0.552. The number of benzene rings is 1. The molecular formula is C17H12F2N2OS. The van der Waals surface area contributed by atoms with Crippen LogP contribution in [0.15, 0.2) is 63.6 Å². The van der Waals surface area contributed by atoms with Gasteiger partial charge >= 0.3 is 0 Å². The minimum absolute atomic E-state index is 0.236. The number of rotatable bonds is 3. The van der Waals surface area contributed by atoms with Gasteiger partial charge in [-0.3, -0.25) is 5.01 Å². The molecule has 3 heterocycles. The molecule has 1 aromatic carbocycles. The predicted molar refractivity (Wildman–Crippen MR) is 85.8 cm³/mol. The second-order valence-electron chi connectivity index (χ2n) is 5.20. The lowest BCUT2D eigenvalue weighted by Gasteiger charge is -2.22. The van der Waals surface area contributed by atoms with Crippen molar-refractivity contribution in [2.45, 2.75) is 12.5 Å². The van der Waals surface area contributed by atoms with Crippen LogP contribution >= 0.6 is 11.3 Å². The fraction of sp³-hybridized carbons (Fsp3) is 0.118. The van der Waals surface area contributed by atoms with Crippen molar-refractivity contribution in [2.24, 2.45) is 5.10 Å². The van der Waals surface area contributed by atoms with Crippen molar-refractivity contribution in [3.8, 4) is 0 Å². The van der Waals surface area contributed by atoms with Gasteiger partial charge in [0.25, 0.3) is 0 Å². The maximum atomic E-state index is 14.2. The van der Waals surface area contributed by atoms with Crippen molar-refractivity contribution in [3.63, 3.8) is 0 Å². The summed E-state index contributed by atoms with van der Waals surface area (Å²) in [6, 6.07) is 10.8. The largest absolute Gasteiger partial charge is 0.467 e. The average molecular weight is 330 g/mol. The zero-order valence-corrected chi connectivity index (χ0v) is 12.8. The second-order valence-corrected chi connectivity index (χ2v) is 6.15. The maximum absolute atomic E-state index is 14.2. The Morgan fingerprint density at radius 3 is 2.78 bits per heavy atom. The summed E-state index contributed by atoms with van der Waals surface area (Å²) in [4.78, 5) is 1.03. The van der Waals surface area contributed by atoms with E-state index in [1.807, 2.05) is 23.6 Å². The normalized spacial score (nSPS) is 17.6. The Bertz CT molecular complexity index is 844. The van der Waals surface area contributed by atoms with E-state index in [9.17, 15) is 8.78 Å². The van der Waals surface area contributed by atoms with Crippen molar-refractivity contribution in [3.05, 3.63) is 76.4 Å². The van der Waals surface area contributed by atoms with Gasteiger partial charge in [-0.15, -0.1) is 11.3 Å². The number of anilines is 1. The van der Waals surface area contributed by atoms with Crippen molar-refractivity contribution in [1.29, 1.82) is 0 Å². The lowest BCUT2D eigenvalue weighted by Crippen LogP contribution is -2.19. The highest BCUT2D eigenvalue weighted by Gasteiger charge is 2.33. The number of furan rings is 1. The van der Waals surface area contributed by atoms with Crippen molar-refractivity contribution < 1.29 is 13.2 Å². The molecule has 1 aliphatic rings. The van der Waals surface area contributed by atoms with Crippen molar-refractivity contribution in [2.75, 3.05) is 5.01 Å². The van der Waals surface area contributed by atoms with Gasteiger partial charge in [-0.2, -0.15) is 5.10 Å². The van der Waals surface area contributed by atoms with E-state index in [2.05, 4.69) is 5.10 Å². The number of hydrazone groups is 1. The van der Waals surface area contributed by atoms with Crippen LogP contribution in [0.1, 0.15) is 23.1 Å². The number of hydrogen-bond acceptors (Lipinski definition) is 4. The molecule has 0 fully saturated rings. The molecular weight excluding hydrogens is 318 g/mol. The maximum Gasteiger partial charge on any atom is 0.151 e. The third kappa shape index (κ3) is 2.55. The summed E-state index contributed by atoms with van der Waals surface area (Å²) in [6.07, 6.45) is 2.18. The first-order valence-electron chi connectivity index (χ1n) is 7.11. The average Bonchev–Trinajstić information content (AvgIpc) is 3.28. The molecule has 0 unspecified atom stereocenters. The Balaban J connectivity index is 1.78. The monoisotopic (exact) mass is 330 g/mol. The van der Waals surface area contributed by atoms with Crippen LogP contribution in [0.2, 0.25) is 0 Å². The molecule has 23 heavy (non-hydrogen) atoms. The summed E-state index contributed by atoms with van der Waals surface area (Å²) in [7, 11) is 0. The molecule has 1 atom stereocenters. The van der Waals surface area contributed by atoms with E-state index < -0.39 is 11.6 Å². The smallest absolute Gasteiger partial charge is 0.151 e. The van der Waals surface area contributed by atoms with E-state index in [0.717, 1.165) is 16.7 Å². The third-order valence-electron chi connectivity index (χ3n) is 3.74. The summed E-state index contributed by atoms with van der Waals surface area (Å²) in [5.41, 5.74) is 1.10. The van der Waals surface area contributed by atoms with Crippen molar-refractivity contribution in [1.82, 2.24) is 0 Å². The lowest BCUT2D eigenvalue weighted by atomic mass is 10.1. The molecule has 0 saturated carbocycles. The van der Waals surface area contributed by atoms with E-state index in [-0.39, 0.29) is 11.7 Å². The van der Waals surface area contributed by atoms with E-state index in [4.69, 9.17) is 4.42 Å². The molecule has 6 heteroatoms. The number of halogens is 2. The molecule has 0 radical (unpaired) electrons. The van der Waals surface area contributed by atoms with Gasteiger partial charge in [-0.25, -0.2) is 8.78 Å². The Morgan fingerprint density at radius 2 is 2.09 bits per heavy atom. The first-order chi connectivity index (χ1) is 11.2. The fourth-order valence-corrected chi connectivity index (χ4v) is 3.41.